The third kappa shape index (κ3) is 4.44. The van der Waals surface area contributed by atoms with Crippen LogP contribution in [-0.4, -0.2) is 69.1 Å². The standard InChI is InChI=1S/C16H24N2O3/c1-13(19)14-4-5-15(16(12-14)20-3)21-11-10-18-8-6-17(2)7-9-18/h4-5,12H,6-11H2,1-3H3. The summed E-state index contributed by atoms with van der Waals surface area (Å²) in [7, 11) is 3.74. The van der Waals surface area contributed by atoms with Crippen molar-refractivity contribution < 1.29 is 14.3 Å². The first-order valence-electron chi connectivity index (χ1n) is 7.33. The number of hydrogen-bond acceptors (Lipinski definition) is 5. The number of carbonyl (C=O) groups excluding carboxylic acids is 1. The van der Waals surface area contributed by atoms with Gasteiger partial charge in [-0.3, -0.25) is 9.69 Å². The Labute approximate surface area is 126 Å². The molecule has 0 bridgehead atoms. The average Bonchev–Trinajstić information content (AvgIpc) is 2.49. The lowest BCUT2D eigenvalue weighted by atomic mass is 10.1. The van der Waals surface area contributed by atoms with Crippen LogP contribution in [0.25, 0.3) is 0 Å². The summed E-state index contributed by atoms with van der Waals surface area (Å²) in [4.78, 5) is 16.1. The zero-order chi connectivity index (χ0) is 15.2. The Hall–Kier alpha value is -1.59. The van der Waals surface area contributed by atoms with Crippen LogP contribution in [-0.2, 0) is 0 Å². The molecule has 21 heavy (non-hydrogen) atoms. The Morgan fingerprint density at radius 3 is 2.52 bits per heavy atom. The van der Waals surface area contributed by atoms with Gasteiger partial charge in [-0.2, -0.15) is 0 Å². The van der Waals surface area contributed by atoms with Gasteiger partial charge in [-0.05, 0) is 32.2 Å². The van der Waals surface area contributed by atoms with Crippen LogP contribution < -0.4 is 9.47 Å². The zero-order valence-corrected chi connectivity index (χ0v) is 13.1. The van der Waals surface area contributed by atoms with Gasteiger partial charge in [0.05, 0.1) is 7.11 Å². The second-order valence-electron chi connectivity index (χ2n) is 5.42. The van der Waals surface area contributed by atoms with Gasteiger partial charge >= 0.3 is 0 Å². The second-order valence-corrected chi connectivity index (χ2v) is 5.42. The van der Waals surface area contributed by atoms with E-state index in [2.05, 4.69) is 16.8 Å². The van der Waals surface area contributed by atoms with Crippen molar-refractivity contribution in [3.05, 3.63) is 23.8 Å². The van der Waals surface area contributed by atoms with E-state index in [0.29, 0.717) is 23.7 Å². The fourth-order valence-corrected chi connectivity index (χ4v) is 2.36. The van der Waals surface area contributed by atoms with Gasteiger partial charge in [-0.15, -0.1) is 0 Å². The Morgan fingerprint density at radius 2 is 1.90 bits per heavy atom. The van der Waals surface area contributed by atoms with E-state index in [1.54, 1.807) is 32.2 Å². The molecule has 0 N–H and O–H groups in total. The Balaban J connectivity index is 1.86. The van der Waals surface area contributed by atoms with Gasteiger partial charge in [0, 0.05) is 38.3 Å². The van der Waals surface area contributed by atoms with Crippen LogP contribution in [0.5, 0.6) is 11.5 Å². The van der Waals surface area contributed by atoms with E-state index in [9.17, 15) is 4.79 Å². The third-order valence-electron chi connectivity index (χ3n) is 3.83. The van der Waals surface area contributed by atoms with Gasteiger partial charge in [0.1, 0.15) is 6.61 Å². The summed E-state index contributed by atoms with van der Waals surface area (Å²) in [5.74, 6) is 1.33. The molecule has 0 unspecified atom stereocenters. The van der Waals surface area contributed by atoms with Crippen LogP contribution in [0.3, 0.4) is 0 Å². The molecule has 0 atom stereocenters. The summed E-state index contributed by atoms with van der Waals surface area (Å²) >= 11 is 0. The van der Waals surface area contributed by atoms with Crippen LogP contribution in [0, 0.1) is 0 Å². The van der Waals surface area contributed by atoms with Crippen molar-refractivity contribution in [2.45, 2.75) is 6.92 Å². The van der Waals surface area contributed by atoms with E-state index in [1.165, 1.54) is 0 Å². The molecule has 0 aliphatic carbocycles. The summed E-state index contributed by atoms with van der Waals surface area (Å²) in [6.45, 7) is 7.46. The van der Waals surface area contributed by atoms with E-state index in [1.807, 2.05) is 0 Å². The predicted octanol–water partition coefficient (Wildman–Crippen LogP) is 1.52. The fraction of sp³-hybridized carbons (Fsp3) is 0.562. The maximum atomic E-state index is 11.4. The van der Waals surface area contributed by atoms with Gasteiger partial charge in [0.2, 0.25) is 0 Å². The number of benzene rings is 1. The molecule has 1 aliphatic rings. The first kappa shape index (κ1) is 15.8. The largest absolute Gasteiger partial charge is 0.493 e. The SMILES string of the molecule is COc1cc(C(C)=O)ccc1OCCN1CCN(C)CC1. The predicted molar refractivity (Wildman–Crippen MR) is 82.4 cm³/mol. The van der Waals surface area contributed by atoms with Crippen molar-refractivity contribution in [2.75, 3.05) is 53.5 Å². The molecular weight excluding hydrogens is 268 g/mol. The van der Waals surface area contributed by atoms with E-state index in [4.69, 9.17) is 9.47 Å². The smallest absolute Gasteiger partial charge is 0.161 e. The molecule has 0 aromatic heterocycles. The molecule has 1 saturated heterocycles. The first-order valence-corrected chi connectivity index (χ1v) is 7.33. The lowest BCUT2D eigenvalue weighted by Crippen LogP contribution is -2.45. The minimum absolute atomic E-state index is 0.0253. The quantitative estimate of drug-likeness (QED) is 0.744. The van der Waals surface area contributed by atoms with Crippen LogP contribution in [0.2, 0.25) is 0 Å². The van der Waals surface area contributed by atoms with Gasteiger partial charge in [0.25, 0.3) is 0 Å². The number of rotatable bonds is 6. The van der Waals surface area contributed by atoms with Gasteiger partial charge in [-0.25, -0.2) is 0 Å². The van der Waals surface area contributed by atoms with E-state index in [-0.39, 0.29) is 5.78 Å². The second kappa shape index (κ2) is 7.43. The molecule has 1 fully saturated rings. The molecule has 1 heterocycles. The number of ether oxygens (including phenoxy) is 2. The molecule has 1 aliphatic heterocycles. The molecule has 1 aromatic carbocycles. The molecule has 2 rings (SSSR count). The number of piperazine rings is 1. The highest BCUT2D eigenvalue weighted by atomic mass is 16.5. The summed E-state index contributed by atoms with van der Waals surface area (Å²) in [5, 5.41) is 0. The fourth-order valence-electron chi connectivity index (χ4n) is 2.36. The summed E-state index contributed by atoms with van der Waals surface area (Å²) in [6.07, 6.45) is 0. The molecule has 0 spiro atoms. The number of methoxy groups -OCH3 is 1. The van der Waals surface area contributed by atoms with Gasteiger partial charge < -0.3 is 14.4 Å². The Bertz CT molecular complexity index is 482. The molecule has 116 valence electrons. The summed E-state index contributed by atoms with van der Waals surface area (Å²) in [5.41, 5.74) is 0.637. The lowest BCUT2D eigenvalue weighted by molar-refractivity contribution is 0.101. The van der Waals surface area contributed by atoms with Crippen LogP contribution >= 0.6 is 0 Å². The van der Waals surface area contributed by atoms with Crippen molar-refractivity contribution in [3.8, 4) is 11.5 Å². The van der Waals surface area contributed by atoms with Crippen molar-refractivity contribution in [3.63, 3.8) is 0 Å². The maximum Gasteiger partial charge on any atom is 0.161 e. The highest BCUT2D eigenvalue weighted by Crippen LogP contribution is 2.28. The number of hydrogen-bond donors (Lipinski definition) is 0. The number of nitrogens with zero attached hydrogens (tertiary/aromatic N) is 2. The average molecular weight is 292 g/mol. The minimum atomic E-state index is 0.0253. The number of ketones is 1. The number of Topliss-reactive ketones (excluding diaryl/α,β-unsaturated/α-hetero) is 1. The lowest BCUT2D eigenvalue weighted by Gasteiger charge is -2.32. The molecule has 5 heteroatoms. The number of likely N-dealkylation sites (N-methyl/N-ethyl adjacent to an activating group) is 1. The monoisotopic (exact) mass is 292 g/mol. The van der Waals surface area contributed by atoms with Crippen molar-refractivity contribution in [1.29, 1.82) is 0 Å². The third-order valence-corrected chi connectivity index (χ3v) is 3.83. The summed E-state index contributed by atoms with van der Waals surface area (Å²) < 4.78 is 11.1. The van der Waals surface area contributed by atoms with Crippen LogP contribution in [0.1, 0.15) is 17.3 Å². The molecule has 0 radical (unpaired) electrons. The molecule has 0 saturated carbocycles. The Kier molecular flexibility index (Phi) is 5.59. The topological polar surface area (TPSA) is 42.0 Å². The highest BCUT2D eigenvalue weighted by Gasteiger charge is 2.14. The van der Waals surface area contributed by atoms with Crippen molar-refractivity contribution in [2.24, 2.45) is 0 Å². The van der Waals surface area contributed by atoms with Gasteiger partial charge in [-0.1, -0.05) is 0 Å². The normalized spacial score (nSPS) is 16.7. The minimum Gasteiger partial charge on any atom is -0.493 e. The van der Waals surface area contributed by atoms with E-state index in [0.717, 1.165) is 32.7 Å². The highest BCUT2D eigenvalue weighted by molar-refractivity contribution is 5.94. The summed E-state index contributed by atoms with van der Waals surface area (Å²) in [6, 6.07) is 5.31. The van der Waals surface area contributed by atoms with Crippen LogP contribution in [0.15, 0.2) is 18.2 Å². The van der Waals surface area contributed by atoms with Crippen molar-refractivity contribution in [1.82, 2.24) is 9.80 Å². The molecule has 5 nitrogen and oxygen atoms in total. The number of carbonyl (C=O) groups is 1. The molecule has 1 aromatic rings. The maximum absolute atomic E-state index is 11.4. The molecular formula is C16H24N2O3. The zero-order valence-electron chi connectivity index (χ0n) is 13.1. The van der Waals surface area contributed by atoms with Crippen molar-refractivity contribution >= 4 is 5.78 Å². The van der Waals surface area contributed by atoms with Crippen LogP contribution in [0.4, 0.5) is 0 Å². The molecule has 0 amide bonds. The van der Waals surface area contributed by atoms with E-state index >= 15 is 0 Å². The van der Waals surface area contributed by atoms with E-state index < -0.39 is 0 Å². The first-order chi connectivity index (χ1) is 10.1. The Morgan fingerprint density at radius 1 is 1.19 bits per heavy atom. The van der Waals surface area contributed by atoms with Gasteiger partial charge in [0.15, 0.2) is 17.3 Å².